The Bertz CT molecular complexity index is 442. The van der Waals surface area contributed by atoms with Crippen molar-refractivity contribution < 1.29 is 4.74 Å². The molecule has 98 valence electrons. The lowest BCUT2D eigenvalue weighted by atomic mass is 10.2. The third kappa shape index (κ3) is 2.02. The summed E-state index contributed by atoms with van der Waals surface area (Å²) in [6.07, 6.45) is 0. The summed E-state index contributed by atoms with van der Waals surface area (Å²) >= 11 is 0. The van der Waals surface area contributed by atoms with E-state index in [0.29, 0.717) is 6.01 Å². The number of nitrogens with one attached hydrogen (secondary N) is 1. The Morgan fingerprint density at radius 2 is 1.89 bits per heavy atom. The molecule has 0 spiro atoms. The van der Waals surface area contributed by atoms with Crippen LogP contribution in [0.25, 0.3) is 0 Å². The highest BCUT2D eigenvalue weighted by Crippen LogP contribution is 2.27. The molecule has 3 rings (SSSR count). The number of anilines is 1. The maximum absolute atomic E-state index is 5.20. The van der Waals surface area contributed by atoms with E-state index in [1.165, 1.54) is 5.56 Å². The summed E-state index contributed by atoms with van der Waals surface area (Å²) in [5.41, 5.74) is 2.32. The van der Waals surface area contributed by atoms with Crippen LogP contribution in [0.15, 0.2) is 0 Å². The lowest BCUT2D eigenvalue weighted by Gasteiger charge is -2.34. The minimum Gasteiger partial charge on any atom is -0.467 e. The van der Waals surface area contributed by atoms with Gasteiger partial charge < -0.3 is 19.9 Å². The largest absolute Gasteiger partial charge is 0.467 e. The standard InChI is InChI=1S/C12H19N5O/c1-16-3-5-17(6-4-16)11-9-7-13-8-10(9)14-12(15-11)18-2/h13H,3-8H2,1-2H3. The molecule has 0 atom stereocenters. The molecule has 0 bridgehead atoms. The van der Waals surface area contributed by atoms with Crippen LogP contribution in [0.3, 0.4) is 0 Å². The third-order valence-electron chi connectivity index (χ3n) is 3.63. The van der Waals surface area contributed by atoms with E-state index in [4.69, 9.17) is 4.74 Å². The molecular weight excluding hydrogens is 230 g/mol. The molecule has 1 aromatic rings. The zero-order valence-electron chi connectivity index (χ0n) is 10.9. The number of hydrogen-bond donors (Lipinski definition) is 1. The molecule has 0 aliphatic carbocycles. The van der Waals surface area contributed by atoms with Crippen LogP contribution >= 0.6 is 0 Å². The van der Waals surface area contributed by atoms with Gasteiger partial charge in [0.15, 0.2) is 0 Å². The summed E-state index contributed by atoms with van der Waals surface area (Å²) in [5.74, 6) is 1.05. The average molecular weight is 249 g/mol. The third-order valence-corrected chi connectivity index (χ3v) is 3.63. The maximum Gasteiger partial charge on any atom is 0.318 e. The topological polar surface area (TPSA) is 53.5 Å². The number of ether oxygens (including phenoxy) is 1. The summed E-state index contributed by atoms with van der Waals surface area (Å²) in [4.78, 5) is 13.6. The Labute approximate surface area is 107 Å². The number of fused-ring (bicyclic) bond motifs is 1. The Balaban J connectivity index is 1.93. The Kier molecular flexibility index (Phi) is 3.05. The van der Waals surface area contributed by atoms with Gasteiger partial charge in [0, 0.05) is 44.8 Å². The molecule has 6 nitrogen and oxygen atoms in total. The van der Waals surface area contributed by atoms with Gasteiger partial charge in [-0.05, 0) is 7.05 Å². The maximum atomic E-state index is 5.20. The fourth-order valence-electron chi connectivity index (χ4n) is 2.50. The van der Waals surface area contributed by atoms with Crippen molar-refractivity contribution in [2.24, 2.45) is 0 Å². The minimum absolute atomic E-state index is 0.478. The first-order chi connectivity index (χ1) is 8.78. The van der Waals surface area contributed by atoms with Crippen molar-refractivity contribution in [3.05, 3.63) is 11.3 Å². The molecular formula is C12H19N5O. The molecule has 2 aliphatic rings. The molecule has 2 aliphatic heterocycles. The van der Waals surface area contributed by atoms with Gasteiger partial charge >= 0.3 is 6.01 Å². The molecule has 0 radical (unpaired) electrons. The zero-order valence-corrected chi connectivity index (χ0v) is 10.9. The first-order valence-electron chi connectivity index (χ1n) is 6.36. The first kappa shape index (κ1) is 11.7. The van der Waals surface area contributed by atoms with E-state index >= 15 is 0 Å². The number of piperazine rings is 1. The van der Waals surface area contributed by atoms with E-state index in [-0.39, 0.29) is 0 Å². The number of hydrogen-bond acceptors (Lipinski definition) is 6. The van der Waals surface area contributed by atoms with Crippen molar-refractivity contribution in [2.75, 3.05) is 45.2 Å². The van der Waals surface area contributed by atoms with Gasteiger partial charge in [0.05, 0.1) is 12.8 Å². The van der Waals surface area contributed by atoms with E-state index in [2.05, 4.69) is 32.1 Å². The second-order valence-corrected chi connectivity index (χ2v) is 4.85. The molecule has 0 saturated carbocycles. The Hall–Kier alpha value is -1.40. The van der Waals surface area contributed by atoms with Gasteiger partial charge in [-0.25, -0.2) is 0 Å². The van der Waals surface area contributed by atoms with Gasteiger partial charge in [-0.2, -0.15) is 9.97 Å². The fourth-order valence-corrected chi connectivity index (χ4v) is 2.50. The normalized spacial score (nSPS) is 20.0. The van der Waals surface area contributed by atoms with E-state index in [1.807, 2.05) is 0 Å². The number of nitrogens with zero attached hydrogens (tertiary/aromatic N) is 4. The number of aromatic nitrogens is 2. The van der Waals surface area contributed by atoms with Crippen LogP contribution in [0.1, 0.15) is 11.3 Å². The van der Waals surface area contributed by atoms with Crippen molar-refractivity contribution in [2.45, 2.75) is 13.1 Å². The highest BCUT2D eigenvalue weighted by molar-refractivity contribution is 5.51. The summed E-state index contributed by atoms with van der Waals surface area (Å²) < 4.78 is 5.20. The number of likely N-dealkylation sites (N-methyl/N-ethyl adjacent to an activating group) is 1. The van der Waals surface area contributed by atoms with Crippen molar-refractivity contribution in [1.29, 1.82) is 0 Å². The van der Waals surface area contributed by atoms with Crippen LogP contribution in [0, 0.1) is 0 Å². The highest BCUT2D eigenvalue weighted by Gasteiger charge is 2.24. The lowest BCUT2D eigenvalue weighted by Crippen LogP contribution is -2.45. The monoisotopic (exact) mass is 249 g/mol. The van der Waals surface area contributed by atoms with Gasteiger partial charge in [0.1, 0.15) is 5.82 Å². The summed E-state index contributed by atoms with van der Waals surface area (Å²) in [7, 11) is 3.78. The average Bonchev–Trinajstić information content (AvgIpc) is 2.86. The zero-order chi connectivity index (χ0) is 12.5. The highest BCUT2D eigenvalue weighted by atomic mass is 16.5. The molecule has 1 N–H and O–H groups in total. The van der Waals surface area contributed by atoms with E-state index in [9.17, 15) is 0 Å². The van der Waals surface area contributed by atoms with Crippen molar-refractivity contribution in [1.82, 2.24) is 20.2 Å². The van der Waals surface area contributed by atoms with Gasteiger partial charge in [-0.1, -0.05) is 0 Å². The molecule has 0 amide bonds. The molecule has 18 heavy (non-hydrogen) atoms. The van der Waals surface area contributed by atoms with Crippen LogP contribution in [0.4, 0.5) is 5.82 Å². The van der Waals surface area contributed by atoms with Crippen LogP contribution in [0.5, 0.6) is 6.01 Å². The Morgan fingerprint density at radius 3 is 2.61 bits per heavy atom. The number of methoxy groups -OCH3 is 1. The van der Waals surface area contributed by atoms with Crippen molar-refractivity contribution in [3.63, 3.8) is 0 Å². The minimum atomic E-state index is 0.478. The molecule has 3 heterocycles. The lowest BCUT2D eigenvalue weighted by molar-refractivity contribution is 0.310. The molecule has 1 fully saturated rings. The molecule has 0 aromatic carbocycles. The molecule has 1 saturated heterocycles. The van der Waals surface area contributed by atoms with Crippen molar-refractivity contribution >= 4 is 5.82 Å². The van der Waals surface area contributed by atoms with Crippen LogP contribution in [0.2, 0.25) is 0 Å². The van der Waals surface area contributed by atoms with E-state index < -0.39 is 0 Å². The predicted octanol–water partition coefficient (Wildman–Crippen LogP) is -0.160. The SMILES string of the molecule is COc1nc2c(c(N3CCN(C)CC3)n1)CNC2. The van der Waals surface area contributed by atoms with Crippen molar-refractivity contribution in [3.8, 4) is 6.01 Å². The second-order valence-electron chi connectivity index (χ2n) is 4.85. The van der Waals surface area contributed by atoms with Crippen LogP contribution in [-0.4, -0.2) is 55.2 Å². The quantitative estimate of drug-likeness (QED) is 0.786. The van der Waals surface area contributed by atoms with Crippen LogP contribution < -0.4 is 15.0 Å². The van der Waals surface area contributed by atoms with Gasteiger partial charge in [0.25, 0.3) is 0 Å². The summed E-state index contributed by atoms with van der Waals surface area (Å²) in [5, 5.41) is 3.33. The smallest absolute Gasteiger partial charge is 0.318 e. The predicted molar refractivity (Wildman–Crippen MR) is 68.8 cm³/mol. The molecule has 0 unspecified atom stereocenters. The van der Waals surface area contributed by atoms with Crippen LogP contribution in [-0.2, 0) is 13.1 Å². The summed E-state index contributed by atoms with van der Waals surface area (Å²) in [6, 6.07) is 0.478. The Morgan fingerprint density at radius 1 is 1.11 bits per heavy atom. The second kappa shape index (κ2) is 4.70. The van der Waals surface area contributed by atoms with E-state index in [1.54, 1.807) is 7.11 Å². The molecule has 1 aromatic heterocycles. The fraction of sp³-hybridized carbons (Fsp3) is 0.667. The van der Waals surface area contributed by atoms with Gasteiger partial charge in [0.2, 0.25) is 0 Å². The van der Waals surface area contributed by atoms with Gasteiger partial charge in [-0.3, -0.25) is 0 Å². The van der Waals surface area contributed by atoms with Gasteiger partial charge in [-0.15, -0.1) is 0 Å². The van der Waals surface area contributed by atoms with E-state index in [0.717, 1.165) is 50.8 Å². The number of rotatable bonds is 2. The molecule has 6 heteroatoms. The summed E-state index contributed by atoms with van der Waals surface area (Å²) in [6.45, 7) is 5.87. The first-order valence-corrected chi connectivity index (χ1v) is 6.36.